The van der Waals surface area contributed by atoms with E-state index >= 15 is 0 Å². The summed E-state index contributed by atoms with van der Waals surface area (Å²) >= 11 is 0. The lowest BCUT2D eigenvalue weighted by Gasteiger charge is -2.29. The Hall–Kier alpha value is -0.0400. The molecule has 1 aliphatic carbocycles. The first-order valence-electron chi connectivity index (χ1n) is 7.12. The highest BCUT2D eigenvalue weighted by atomic mass is 127. The molecule has 114 valence electrons. The SMILES string of the molecule is CCC1(CNC(=NC)NC(C)COC)CCCC1.I. The number of aliphatic imine (C=N–C) groups is 1. The van der Waals surface area contributed by atoms with E-state index in [1.165, 1.54) is 32.1 Å². The molecule has 2 N–H and O–H groups in total. The van der Waals surface area contributed by atoms with Gasteiger partial charge in [-0.2, -0.15) is 0 Å². The van der Waals surface area contributed by atoms with Crippen molar-refractivity contribution in [3.63, 3.8) is 0 Å². The summed E-state index contributed by atoms with van der Waals surface area (Å²) in [6, 6.07) is 0.280. The van der Waals surface area contributed by atoms with Gasteiger partial charge in [-0.1, -0.05) is 19.8 Å². The summed E-state index contributed by atoms with van der Waals surface area (Å²) in [5, 5.41) is 6.82. The van der Waals surface area contributed by atoms with Crippen molar-refractivity contribution in [3.8, 4) is 0 Å². The summed E-state index contributed by atoms with van der Waals surface area (Å²) in [5.74, 6) is 0.888. The second-order valence-corrected chi connectivity index (χ2v) is 5.49. The molecule has 0 spiro atoms. The molecule has 5 heteroatoms. The Morgan fingerprint density at radius 2 is 2.00 bits per heavy atom. The smallest absolute Gasteiger partial charge is 0.191 e. The summed E-state index contributed by atoms with van der Waals surface area (Å²) in [6.07, 6.45) is 6.70. The number of methoxy groups -OCH3 is 1. The van der Waals surface area contributed by atoms with Gasteiger partial charge in [0.25, 0.3) is 0 Å². The Bertz CT molecular complexity index is 265. The van der Waals surface area contributed by atoms with E-state index in [1.807, 2.05) is 7.05 Å². The molecule has 0 aromatic heterocycles. The third-order valence-corrected chi connectivity index (χ3v) is 4.07. The maximum Gasteiger partial charge on any atom is 0.191 e. The summed E-state index contributed by atoms with van der Waals surface area (Å²) in [4.78, 5) is 4.28. The number of hydrogen-bond donors (Lipinski definition) is 2. The molecule has 0 bridgehead atoms. The van der Waals surface area contributed by atoms with Crippen LogP contribution in [-0.4, -0.2) is 39.3 Å². The van der Waals surface area contributed by atoms with Crippen molar-refractivity contribution in [2.45, 2.75) is 52.0 Å². The van der Waals surface area contributed by atoms with E-state index in [9.17, 15) is 0 Å². The van der Waals surface area contributed by atoms with E-state index in [4.69, 9.17) is 4.74 Å². The maximum atomic E-state index is 5.12. The van der Waals surface area contributed by atoms with Gasteiger partial charge in [0.1, 0.15) is 0 Å². The number of rotatable bonds is 6. The van der Waals surface area contributed by atoms with E-state index < -0.39 is 0 Å². The number of nitrogens with one attached hydrogen (secondary N) is 2. The van der Waals surface area contributed by atoms with E-state index in [2.05, 4.69) is 29.5 Å². The van der Waals surface area contributed by atoms with Crippen molar-refractivity contribution in [2.75, 3.05) is 27.3 Å². The van der Waals surface area contributed by atoms with Crippen molar-refractivity contribution in [2.24, 2.45) is 10.4 Å². The molecule has 1 fully saturated rings. The second kappa shape index (κ2) is 9.80. The Morgan fingerprint density at radius 3 is 2.47 bits per heavy atom. The molecule has 0 aromatic carbocycles. The first kappa shape index (κ1) is 19.0. The fraction of sp³-hybridized carbons (Fsp3) is 0.929. The number of nitrogens with zero attached hydrogens (tertiary/aromatic N) is 1. The van der Waals surface area contributed by atoms with Gasteiger partial charge < -0.3 is 15.4 Å². The molecule has 1 unspecified atom stereocenters. The summed E-state index contributed by atoms with van der Waals surface area (Å²) in [6.45, 7) is 6.13. The van der Waals surface area contributed by atoms with Gasteiger partial charge in [-0.3, -0.25) is 4.99 Å². The van der Waals surface area contributed by atoms with Crippen molar-refractivity contribution in [3.05, 3.63) is 0 Å². The highest BCUT2D eigenvalue weighted by Crippen LogP contribution is 2.40. The summed E-state index contributed by atoms with van der Waals surface area (Å²) in [5.41, 5.74) is 0.488. The number of hydrogen-bond acceptors (Lipinski definition) is 2. The summed E-state index contributed by atoms with van der Waals surface area (Å²) in [7, 11) is 3.54. The minimum atomic E-state index is 0. The fourth-order valence-electron chi connectivity index (χ4n) is 2.77. The van der Waals surface area contributed by atoms with Gasteiger partial charge in [-0.25, -0.2) is 0 Å². The quantitative estimate of drug-likeness (QED) is 0.421. The Balaban J connectivity index is 0.00000324. The van der Waals surface area contributed by atoms with Gasteiger partial charge in [-0.05, 0) is 31.6 Å². The first-order chi connectivity index (χ1) is 8.65. The molecule has 0 aliphatic heterocycles. The van der Waals surface area contributed by atoms with Gasteiger partial charge in [0.2, 0.25) is 0 Å². The standard InChI is InChI=1S/C14H29N3O.HI/c1-5-14(8-6-7-9-14)11-16-13(15-3)17-12(2)10-18-4;/h12H,5-11H2,1-4H3,(H2,15,16,17);1H. The van der Waals surface area contributed by atoms with Crippen LogP contribution in [0.3, 0.4) is 0 Å². The third kappa shape index (κ3) is 6.29. The van der Waals surface area contributed by atoms with Crippen molar-refractivity contribution < 1.29 is 4.74 Å². The zero-order valence-corrected chi connectivity index (χ0v) is 15.1. The van der Waals surface area contributed by atoms with Gasteiger partial charge in [0.15, 0.2) is 5.96 Å². The molecule has 19 heavy (non-hydrogen) atoms. The highest BCUT2D eigenvalue weighted by Gasteiger charge is 2.31. The Labute approximate surface area is 135 Å². The third-order valence-electron chi connectivity index (χ3n) is 4.07. The molecule has 0 radical (unpaired) electrons. The van der Waals surface area contributed by atoms with Gasteiger partial charge >= 0.3 is 0 Å². The molecular formula is C14H30IN3O. The van der Waals surface area contributed by atoms with Crippen LogP contribution in [0.5, 0.6) is 0 Å². The monoisotopic (exact) mass is 383 g/mol. The Kier molecular flexibility index (Phi) is 9.78. The molecule has 0 saturated heterocycles. The van der Waals surface area contributed by atoms with Gasteiger partial charge in [0, 0.05) is 26.7 Å². The predicted molar refractivity (Wildman–Crippen MR) is 92.4 cm³/mol. The predicted octanol–water partition coefficient (Wildman–Crippen LogP) is 2.77. The molecule has 0 aromatic rings. The van der Waals surface area contributed by atoms with E-state index in [0.717, 1.165) is 12.5 Å². The molecule has 0 amide bonds. The van der Waals surface area contributed by atoms with Gasteiger partial charge in [0.05, 0.1) is 6.61 Å². The fourth-order valence-corrected chi connectivity index (χ4v) is 2.77. The van der Waals surface area contributed by atoms with Crippen LogP contribution in [0.15, 0.2) is 4.99 Å². The molecular weight excluding hydrogens is 353 g/mol. The van der Waals surface area contributed by atoms with Crippen LogP contribution in [0, 0.1) is 5.41 Å². The minimum Gasteiger partial charge on any atom is -0.383 e. The number of halogens is 1. The molecule has 1 saturated carbocycles. The van der Waals surface area contributed by atoms with Crippen LogP contribution in [0.1, 0.15) is 46.0 Å². The normalized spacial score (nSPS) is 19.7. The van der Waals surface area contributed by atoms with Gasteiger partial charge in [-0.15, -0.1) is 24.0 Å². The lowest BCUT2D eigenvalue weighted by molar-refractivity contribution is 0.178. The zero-order chi connectivity index (χ0) is 13.4. The van der Waals surface area contributed by atoms with Crippen LogP contribution in [0.4, 0.5) is 0 Å². The largest absolute Gasteiger partial charge is 0.383 e. The molecule has 4 nitrogen and oxygen atoms in total. The lowest BCUT2D eigenvalue weighted by Crippen LogP contribution is -2.47. The van der Waals surface area contributed by atoms with Crippen LogP contribution < -0.4 is 10.6 Å². The lowest BCUT2D eigenvalue weighted by atomic mass is 9.83. The molecule has 1 rings (SSSR count). The topological polar surface area (TPSA) is 45.7 Å². The summed E-state index contributed by atoms with van der Waals surface area (Å²) < 4.78 is 5.12. The van der Waals surface area contributed by atoms with Crippen molar-refractivity contribution >= 4 is 29.9 Å². The molecule has 1 atom stereocenters. The zero-order valence-electron chi connectivity index (χ0n) is 12.8. The first-order valence-corrected chi connectivity index (χ1v) is 7.12. The number of guanidine groups is 1. The molecule has 0 heterocycles. The number of ether oxygens (including phenoxy) is 1. The average Bonchev–Trinajstić information content (AvgIpc) is 2.84. The van der Waals surface area contributed by atoms with Crippen molar-refractivity contribution in [1.29, 1.82) is 0 Å². The Morgan fingerprint density at radius 1 is 1.37 bits per heavy atom. The van der Waals surface area contributed by atoms with E-state index in [-0.39, 0.29) is 30.0 Å². The van der Waals surface area contributed by atoms with Crippen LogP contribution in [-0.2, 0) is 4.74 Å². The minimum absolute atomic E-state index is 0. The highest BCUT2D eigenvalue weighted by molar-refractivity contribution is 14.0. The van der Waals surface area contributed by atoms with Crippen LogP contribution in [0.25, 0.3) is 0 Å². The molecule has 1 aliphatic rings. The van der Waals surface area contributed by atoms with Crippen LogP contribution >= 0.6 is 24.0 Å². The van der Waals surface area contributed by atoms with Crippen molar-refractivity contribution in [1.82, 2.24) is 10.6 Å². The maximum absolute atomic E-state index is 5.12. The van der Waals surface area contributed by atoms with E-state index in [1.54, 1.807) is 7.11 Å². The van der Waals surface area contributed by atoms with Crippen LogP contribution in [0.2, 0.25) is 0 Å². The van der Waals surface area contributed by atoms with E-state index in [0.29, 0.717) is 12.0 Å². The second-order valence-electron chi connectivity index (χ2n) is 5.49. The average molecular weight is 383 g/mol.